The molecule has 1 aromatic carbocycles. The van der Waals surface area contributed by atoms with Crippen LogP contribution >= 0.6 is 15.9 Å². The molecule has 0 aliphatic rings. The van der Waals surface area contributed by atoms with E-state index < -0.39 is 0 Å². The predicted molar refractivity (Wildman–Crippen MR) is 80.9 cm³/mol. The first-order chi connectivity index (χ1) is 8.61. The summed E-state index contributed by atoms with van der Waals surface area (Å²) in [5.41, 5.74) is 1.32. The predicted octanol–water partition coefficient (Wildman–Crippen LogP) is 4.30. The van der Waals surface area contributed by atoms with Gasteiger partial charge < -0.3 is 10.1 Å². The zero-order chi connectivity index (χ0) is 13.4. The molecule has 0 bridgehead atoms. The number of hydrogen-bond donors (Lipinski definition) is 1. The molecule has 1 aromatic rings. The molecule has 102 valence electrons. The number of unbranched alkanes of at least 4 members (excludes halogenated alkanes) is 1. The molecule has 1 rings (SSSR count). The maximum absolute atomic E-state index is 5.52. The molecule has 0 aliphatic heterocycles. The molecule has 1 atom stereocenters. The van der Waals surface area contributed by atoms with Crippen LogP contribution in [0.5, 0.6) is 0 Å². The average Bonchev–Trinajstić information content (AvgIpc) is 2.33. The molecule has 0 fully saturated rings. The van der Waals surface area contributed by atoms with Crippen molar-refractivity contribution in [2.24, 2.45) is 0 Å². The molecule has 0 aliphatic carbocycles. The van der Waals surface area contributed by atoms with Gasteiger partial charge in [-0.1, -0.05) is 34.1 Å². The van der Waals surface area contributed by atoms with E-state index in [1.807, 2.05) is 6.07 Å². The van der Waals surface area contributed by atoms with E-state index in [0.717, 1.165) is 26.0 Å². The van der Waals surface area contributed by atoms with Crippen molar-refractivity contribution >= 4 is 15.9 Å². The van der Waals surface area contributed by atoms with Gasteiger partial charge in [-0.3, -0.25) is 0 Å². The van der Waals surface area contributed by atoms with Gasteiger partial charge in [0, 0.05) is 17.1 Å². The molecule has 0 aromatic heterocycles. The number of halogens is 1. The van der Waals surface area contributed by atoms with Gasteiger partial charge in [-0.05, 0) is 51.8 Å². The standard InChI is InChI=1S/C15H24BrNO/c1-12(2)18-11-7-6-10-17-13(3)14-8-4-5-9-15(14)16/h4-5,8-9,12-13,17H,6-7,10-11H2,1-3H3. The molecule has 3 heteroatoms. The highest BCUT2D eigenvalue weighted by Gasteiger charge is 2.07. The van der Waals surface area contributed by atoms with Crippen LogP contribution in [0.4, 0.5) is 0 Å². The summed E-state index contributed by atoms with van der Waals surface area (Å²) in [6.07, 6.45) is 2.62. The lowest BCUT2D eigenvalue weighted by molar-refractivity contribution is 0.0759. The molecule has 0 spiro atoms. The van der Waals surface area contributed by atoms with Gasteiger partial charge in [-0.2, -0.15) is 0 Å². The summed E-state index contributed by atoms with van der Waals surface area (Å²) < 4.78 is 6.69. The summed E-state index contributed by atoms with van der Waals surface area (Å²) in [6.45, 7) is 8.25. The van der Waals surface area contributed by atoms with E-state index in [0.29, 0.717) is 12.1 Å². The van der Waals surface area contributed by atoms with Gasteiger partial charge in [0.1, 0.15) is 0 Å². The molecule has 1 unspecified atom stereocenters. The summed E-state index contributed by atoms with van der Waals surface area (Å²) in [6, 6.07) is 8.75. The Kier molecular flexibility index (Phi) is 7.56. The highest BCUT2D eigenvalue weighted by molar-refractivity contribution is 9.10. The minimum atomic E-state index is 0.345. The van der Waals surface area contributed by atoms with E-state index in [2.05, 4.69) is 60.2 Å². The third-order valence-electron chi connectivity index (χ3n) is 2.84. The lowest BCUT2D eigenvalue weighted by Gasteiger charge is -2.16. The first kappa shape index (κ1) is 15.7. The van der Waals surface area contributed by atoms with Crippen molar-refractivity contribution in [3.05, 3.63) is 34.3 Å². The smallest absolute Gasteiger partial charge is 0.0518 e. The minimum absolute atomic E-state index is 0.345. The highest BCUT2D eigenvalue weighted by atomic mass is 79.9. The Bertz CT molecular complexity index is 341. The van der Waals surface area contributed by atoms with Crippen LogP contribution in [0.1, 0.15) is 45.2 Å². The van der Waals surface area contributed by atoms with Crippen LogP contribution in [0, 0.1) is 0 Å². The van der Waals surface area contributed by atoms with Gasteiger partial charge in [-0.15, -0.1) is 0 Å². The molecule has 0 heterocycles. The maximum Gasteiger partial charge on any atom is 0.0518 e. The van der Waals surface area contributed by atoms with Crippen LogP contribution in [-0.4, -0.2) is 19.3 Å². The fourth-order valence-electron chi connectivity index (χ4n) is 1.80. The van der Waals surface area contributed by atoms with Crippen molar-refractivity contribution < 1.29 is 4.74 Å². The van der Waals surface area contributed by atoms with Crippen LogP contribution in [0.25, 0.3) is 0 Å². The van der Waals surface area contributed by atoms with Gasteiger partial charge in [0.05, 0.1) is 6.10 Å². The minimum Gasteiger partial charge on any atom is -0.379 e. The molecular weight excluding hydrogens is 290 g/mol. The van der Waals surface area contributed by atoms with E-state index in [-0.39, 0.29) is 0 Å². The summed E-state index contributed by atoms with van der Waals surface area (Å²) in [7, 11) is 0. The topological polar surface area (TPSA) is 21.3 Å². The Morgan fingerprint density at radius 2 is 1.89 bits per heavy atom. The van der Waals surface area contributed by atoms with Crippen LogP contribution in [0.15, 0.2) is 28.7 Å². The molecule has 2 nitrogen and oxygen atoms in total. The zero-order valence-electron chi connectivity index (χ0n) is 11.6. The monoisotopic (exact) mass is 313 g/mol. The van der Waals surface area contributed by atoms with E-state index in [9.17, 15) is 0 Å². The fourth-order valence-corrected chi connectivity index (χ4v) is 2.43. The van der Waals surface area contributed by atoms with Gasteiger partial charge in [0.2, 0.25) is 0 Å². The second kappa shape index (κ2) is 8.68. The number of nitrogens with one attached hydrogen (secondary N) is 1. The largest absolute Gasteiger partial charge is 0.379 e. The quantitative estimate of drug-likeness (QED) is 0.722. The highest BCUT2D eigenvalue weighted by Crippen LogP contribution is 2.22. The summed E-state index contributed by atoms with van der Waals surface area (Å²) in [5, 5.41) is 3.54. The van der Waals surface area contributed by atoms with Crippen molar-refractivity contribution in [1.29, 1.82) is 0 Å². The molecule has 0 saturated carbocycles. The van der Waals surface area contributed by atoms with Gasteiger partial charge in [0.25, 0.3) is 0 Å². The van der Waals surface area contributed by atoms with Gasteiger partial charge >= 0.3 is 0 Å². The summed E-state index contributed by atoms with van der Waals surface area (Å²) >= 11 is 3.59. The Morgan fingerprint density at radius 1 is 1.17 bits per heavy atom. The zero-order valence-corrected chi connectivity index (χ0v) is 13.2. The SMILES string of the molecule is CC(C)OCCCCNC(C)c1ccccc1Br. The van der Waals surface area contributed by atoms with E-state index in [4.69, 9.17) is 4.74 Å². The molecule has 0 saturated heterocycles. The molecule has 0 radical (unpaired) electrons. The number of ether oxygens (including phenoxy) is 1. The van der Waals surface area contributed by atoms with Crippen molar-refractivity contribution in [2.45, 2.75) is 45.8 Å². The van der Waals surface area contributed by atoms with Crippen LogP contribution in [-0.2, 0) is 4.74 Å². The molecule has 1 N–H and O–H groups in total. The van der Waals surface area contributed by atoms with E-state index in [1.54, 1.807) is 0 Å². The number of hydrogen-bond acceptors (Lipinski definition) is 2. The second-order valence-corrected chi connectivity index (χ2v) is 5.68. The van der Waals surface area contributed by atoms with Crippen molar-refractivity contribution in [3.63, 3.8) is 0 Å². The molecule has 18 heavy (non-hydrogen) atoms. The normalized spacial score (nSPS) is 12.9. The molecular formula is C15H24BrNO. The molecule has 0 amide bonds. The Labute approximate surface area is 119 Å². The van der Waals surface area contributed by atoms with Crippen molar-refractivity contribution in [2.75, 3.05) is 13.2 Å². The first-order valence-corrected chi connectivity index (χ1v) is 7.50. The van der Waals surface area contributed by atoms with Crippen LogP contribution in [0.3, 0.4) is 0 Å². The summed E-state index contributed by atoms with van der Waals surface area (Å²) in [4.78, 5) is 0. The van der Waals surface area contributed by atoms with E-state index >= 15 is 0 Å². The summed E-state index contributed by atoms with van der Waals surface area (Å²) in [5.74, 6) is 0. The number of rotatable bonds is 8. The van der Waals surface area contributed by atoms with Crippen molar-refractivity contribution in [1.82, 2.24) is 5.32 Å². The Morgan fingerprint density at radius 3 is 2.56 bits per heavy atom. The fraction of sp³-hybridized carbons (Fsp3) is 0.600. The van der Waals surface area contributed by atoms with Crippen LogP contribution < -0.4 is 5.32 Å². The average molecular weight is 314 g/mol. The second-order valence-electron chi connectivity index (χ2n) is 4.82. The number of benzene rings is 1. The van der Waals surface area contributed by atoms with Gasteiger partial charge in [0.15, 0.2) is 0 Å². The van der Waals surface area contributed by atoms with E-state index in [1.165, 1.54) is 10.0 Å². The van der Waals surface area contributed by atoms with Crippen LogP contribution in [0.2, 0.25) is 0 Å². The lowest BCUT2D eigenvalue weighted by atomic mass is 10.1. The Balaban J connectivity index is 2.18. The Hall–Kier alpha value is -0.380. The van der Waals surface area contributed by atoms with Crippen molar-refractivity contribution in [3.8, 4) is 0 Å². The third-order valence-corrected chi connectivity index (χ3v) is 3.57. The lowest BCUT2D eigenvalue weighted by Crippen LogP contribution is -2.20. The third kappa shape index (κ3) is 5.98. The maximum atomic E-state index is 5.52. The van der Waals surface area contributed by atoms with Gasteiger partial charge in [-0.25, -0.2) is 0 Å². The first-order valence-electron chi connectivity index (χ1n) is 6.70.